The predicted octanol–water partition coefficient (Wildman–Crippen LogP) is 4.85. The van der Waals surface area contributed by atoms with E-state index in [0.29, 0.717) is 29.5 Å². The topological polar surface area (TPSA) is 55.6 Å². The molecule has 1 saturated heterocycles. The maximum Gasteiger partial charge on any atom is 0.191 e. The maximum atomic E-state index is 13.2. The number of nitrogens with zero attached hydrogens (tertiary/aromatic N) is 2. The van der Waals surface area contributed by atoms with Gasteiger partial charge in [0, 0.05) is 31.4 Å². The van der Waals surface area contributed by atoms with Crippen molar-refractivity contribution in [1.29, 1.82) is 0 Å². The maximum absolute atomic E-state index is 13.2. The first-order chi connectivity index (χ1) is 13.3. The Morgan fingerprint density at radius 3 is 2.96 bits per heavy atom. The van der Waals surface area contributed by atoms with E-state index < -0.39 is 0 Å². The molecular formula is C21H22N2O3S. The quantitative estimate of drug-likeness (QED) is 0.692. The molecule has 5 nitrogen and oxygen atoms in total. The first-order valence-corrected chi connectivity index (χ1v) is 10.0. The lowest BCUT2D eigenvalue weighted by Crippen LogP contribution is -2.23. The number of carbonyl (C=O) groups excluding carboxylic acids is 1. The molecule has 0 saturated carbocycles. The molecule has 140 valence electrons. The number of ether oxygens (including phenoxy) is 1. The minimum atomic E-state index is -0.00689. The van der Waals surface area contributed by atoms with Crippen LogP contribution >= 0.6 is 11.3 Å². The van der Waals surface area contributed by atoms with Gasteiger partial charge in [0.1, 0.15) is 10.6 Å². The highest BCUT2D eigenvalue weighted by molar-refractivity contribution is 7.18. The number of hydrogen-bond acceptors (Lipinski definition) is 6. The summed E-state index contributed by atoms with van der Waals surface area (Å²) in [6, 6.07) is 3.68. The van der Waals surface area contributed by atoms with Crippen LogP contribution in [0.1, 0.15) is 29.4 Å². The zero-order valence-electron chi connectivity index (χ0n) is 15.3. The van der Waals surface area contributed by atoms with Gasteiger partial charge in [-0.15, -0.1) is 0 Å². The average Bonchev–Trinajstić information content (AvgIpc) is 3.38. The Kier molecular flexibility index (Phi) is 5.36. The number of carbonyl (C=O) groups is 1. The summed E-state index contributed by atoms with van der Waals surface area (Å²) in [6.45, 7) is 4.01. The van der Waals surface area contributed by atoms with Gasteiger partial charge in [-0.1, -0.05) is 29.6 Å². The van der Waals surface area contributed by atoms with Crippen LogP contribution in [0.4, 0.5) is 5.13 Å². The van der Waals surface area contributed by atoms with Crippen molar-refractivity contribution in [3.05, 3.63) is 59.4 Å². The molecule has 0 aromatic carbocycles. The molecule has 0 atom stereocenters. The summed E-state index contributed by atoms with van der Waals surface area (Å²) in [6.07, 6.45) is 13.4. The average molecular weight is 382 g/mol. The Balaban J connectivity index is 1.73. The SMILES string of the molecule is CC=CC1=CC=CCN1c1nc(-c2ccco2)c(C(=O)C2CCOCC2)s1. The molecule has 27 heavy (non-hydrogen) atoms. The van der Waals surface area contributed by atoms with Crippen molar-refractivity contribution in [1.82, 2.24) is 4.98 Å². The molecule has 0 amide bonds. The van der Waals surface area contributed by atoms with Gasteiger partial charge < -0.3 is 14.1 Å². The number of Topliss-reactive ketones (excluding diaryl/α,β-unsaturated/α-hetero) is 1. The summed E-state index contributed by atoms with van der Waals surface area (Å²) in [7, 11) is 0. The molecule has 0 bridgehead atoms. The van der Waals surface area contributed by atoms with Crippen LogP contribution in [-0.4, -0.2) is 30.5 Å². The van der Waals surface area contributed by atoms with Crippen LogP contribution in [0.15, 0.2) is 58.9 Å². The number of furan rings is 1. The number of anilines is 1. The Labute approximate surface area is 162 Å². The van der Waals surface area contributed by atoms with E-state index in [1.54, 1.807) is 6.26 Å². The van der Waals surface area contributed by atoms with Crippen molar-refractivity contribution in [2.24, 2.45) is 5.92 Å². The van der Waals surface area contributed by atoms with Crippen LogP contribution in [0.3, 0.4) is 0 Å². The molecule has 1 fully saturated rings. The van der Waals surface area contributed by atoms with E-state index >= 15 is 0 Å². The first kappa shape index (κ1) is 17.9. The summed E-state index contributed by atoms with van der Waals surface area (Å²) >= 11 is 1.45. The smallest absolute Gasteiger partial charge is 0.191 e. The van der Waals surface area contributed by atoms with Crippen molar-refractivity contribution < 1.29 is 13.9 Å². The molecule has 2 aliphatic rings. The standard InChI is InChI=1S/C21H22N2O3S/c1-2-6-16-7-3-4-11-23(16)21-22-18(17-8-5-12-26-17)20(27-21)19(24)15-9-13-25-14-10-15/h2-8,12,15H,9-11,13-14H2,1H3. The van der Waals surface area contributed by atoms with E-state index in [-0.39, 0.29) is 11.7 Å². The lowest BCUT2D eigenvalue weighted by molar-refractivity contribution is 0.0547. The highest BCUT2D eigenvalue weighted by atomic mass is 32.1. The third kappa shape index (κ3) is 3.68. The fraction of sp³-hybridized carbons (Fsp3) is 0.333. The Hall–Kier alpha value is -2.44. The van der Waals surface area contributed by atoms with Crippen molar-refractivity contribution in [2.45, 2.75) is 19.8 Å². The molecule has 0 unspecified atom stereocenters. The first-order valence-electron chi connectivity index (χ1n) is 9.21. The molecule has 2 aromatic rings. The minimum Gasteiger partial charge on any atom is -0.463 e. The van der Waals surface area contributed by atoms with Gasteiger partial charge in [-0.25, -0.2) is 4.98 Å². The highest BCUT2D eigenvalue weighted by Crippen LogP contribution is 2.38. The van der Waals surface area contributed by atoms with E-state index in [1.165, 1.54) is 11.3 Å². The van der Waals surface area contributed by atoms with Gasteiger partial charge in [0.05, 0.1) is 6.26 Å². The second kappa shape index (κ2) is 8.06. The number of ketones is 1. The molecule has 4 heterocycles. The van der Waals surface area contributed by atoms with Crippen molar-refractivity contribution in [3.8, 4) is 11.5 Å². The Morgan fingerprint density at radius 1 is 1.37 bits per heavy atom. The second-order valence-corrected chi connectivity index (χ2v) is 7.51. The third-order valence-electron chi connectivity index (χ3n) is 4.76. The molecular weight excluding hydrogens is 360 g/mol. The van der Waals surface area contributed by atoms with E-state index in [2.05, 4.69) is 23.1 Å². The summed E-state index contributed by atoms with van der Waals surface area (Å²) in [4.78, 5) is 20.9. The van der Waals surface area contributed by atoms with E-state index in [9.17, 15) is 4.79 Å². The number of rotatable bonds is 5. The van der Waals surface area contributed by atoms with Gasteiger partial charge in [-0.05, 0) is 44.1 Å². The van der Waals surface area contributed by atoms with Crippen molar-refractivity contribution in [2.75, 3.05) is 24.7 Å². The molecule has 0 radical (unpaired) electrons. The summed E-state index contributed by atoms with van der Waals surface area (Å²) in [5.41, 5.74) is 1.70. The third-order valence-corrected chi connectivity index (χ3v) is 5.85. The molecule has 2 aliphatic heterocycles. The summed E-state index contributed by atoms with van der Waals surface area (Å²) < 4.78 is 11.0. The van der Waals surface area contributed by atoms with Gasteiger partial charge >= 0.3 is 0 Å². The van der Waals surface area contributed by atoms with Crippen LogP contribution < -0.4 is 4.90 Å². The zero-order chi connectivity index (χ0) is 18.6. The van der Waals surface area contributed by atoms with Crippen LogP contribution in [0, 0.1) is 5.92 Å². The Bertz CT molecular complexity index is 887. The largest absolute Gasteiger partial charge is 0.463 e. The zero-order valence-corrected chi connectivity index (χ0v) is 16.1. The number of aromatic nitrogens is 1. The number of allylic oxidation sites excluding steroid dienone is 4. The van der Waals surface area contributed by atoms with E-state index in [0.717, 1.165) is 30.2 Å². The van der Waals surface area contributed by atoms with E-state index in [1.807, 2.05) is 31.2 Å². The minimum absolute atomic E-state index is 0.00689. The van der Waals surface area contributed by atoms with Gasteiger partial charge in [-0.3, -0.25) is 4.79 Å². The van der Waals surface area contributed by atoms with Crippen LogP contribution in [-0.2, 0) is 4.74 Å². The highest BCUT2D eigenvalue weighted by Gasteiger charge is 2.30. The van der Waals surface area contributed by atoms with Gasteiger partial charge in [-0.2, -0.15) is 0 Å². The molecule has 0 aliphatic carbocycles. The Morgan fingerprint density at radius 2 is 2.22 bits per heavy atom. The lowest BCUT2D eigenvalue weighted by atomic mass is 9.94. The summed E-state index contributed by atoms with van der Waals surface area (Å²) in [5.74, 6) is 0.780. The molecule has 4 rings (SSSR count). The van der Waals surface area contributed by atoms with Crippen LogP contribution in [0.25, 0.3) is 11.5 Å². The normalized spacial score (nSPS) is 18.3. The van der Waals surface area contributed by atoms with Crippen LogP contribution in [0.5, 0.6) is 0 Å². The van der Waals surface area contributed by atoms with Gasteiger partial charge in [0.15, 0.2) is 16.7 Å². The van der Waals surface area contributed by atoms with Gasteiger partial charge in [0.25, 0.3) is 0 Å². The number of thiazole rings is 1. The van der Waals surface area contributed by atoms with Crippen molar-refractivity contribution >= 4 is 22.3 Å². The second-order valence-electron chi connectivity index (χ2n) is 6.53. The fourth-order valence-corrected chi connectivity index (χ4v) is 4.47. The fourth-order valence-electron chi connectivity index (χ4n) is 3.35. The molecule has 0 spiro atoms. The van der Waals surface area contributed by atoms with Crippen LogP contribution in [0.2, 0.25) is 0 Å². The summed E-state index contributed by atoms with van der Waals surface area (Å²) in [5, 5.41) is 0.811. The molecule has 2 aromatic heterocycles. The molecule has 6 heteroatoms. The monoisotopic (exact) mass is 382 g/mol. The molecule has 0 N–H and O–H groups in total. The van der Waals surface area contributed by atoms with Crippen molar-refractivity contribution in [3.63, 3.8) is 0 Å². The van der Waals surface area contributed by atoms with Gasteiger partial charge in [0.2, 0.25) is 0 Å². The number of hydrogen-bond donors (Lipinski definition) is 0. The van der Waals surface area contributed by atoms with E-state index in [4.69, 9.17) is 14.1 Å². The predicted molar refractivity (Wildman–Crippen MR) is 107 cm³/mol. The lowest BCUT2D eigenvalue weighted by Gasteiger charge is -2.23.